The first kappa shape index (κ1) is 34.2. The quantitative estimate of drug-likeness (QED) is 0.0855. The molecule has 0 fully saturated rings. The number of carbonyl (C=O) groups excluding carboxylic acids is 3. The summed E-state index contributed by atoms with van der Waals surface area (Å²) in [6.45, 7) is 1.82. The molecule has 1 unspecified atom stereocenters. The van der Waals surface area contributed by atoms with Gasteiger partial charge in [-0.3, -0.25) is 14.4 Å². The van der Waals surface area contributed by atoms with Crippen molar-refractivity contribution in [3.05, 3.63) is 106 Å². The molecular weight excluding hydrogens is 669 g/mol. The van der Waals surface area contributed by atoms with Gasteiger partial charge in [-0.15, -0.1) is 34.4 Å². The van der Waals surface area contributed by atoms with Gasteiger partial charge < -0.3 is 30.2 Å². The van der Waals surface area contributed by atoms with Crippen molar-refractivity contribution in [2.24, 2.45) is 0 Å². The van der Waals surface area contributed by atoms with E-state index in [1.807, 2.05) is 41.9 Å². The Bertz CT molecular complexity index is 1880. The monoisotopic (exact) mass is 700 g/mol. The van der Waals surface area contributed by atoms with Gasteiger partial charge in [-0.1, -0.05) is 24.3 Å². The van der Waals surface area contributed by atoms with Crippen LogP contribution in [0.2, 0.25) is 0 Å². The molecule has 3 amide bonds. The maximum atomic E-state index is 13.6. The van der Waals surface area contributed by atoms with Gasteiger partial charge in [0, 0.05) is 21.5 Å². The summed E-state index contributed by atoms with van der Waals surface area (Å²) in [5, 5.41) is 12.5. The molecule has 0 aliphatic carbocycles. The van der Waals surface area contributed by atoms with Crippen molar-refractivity contribution in [1.82, 2.24) is 10.3 Å². The first-order chi connectivity index (χ1) is 23.3. The topological polar surface area (TPSA) is 128 Å². The van der Waals surface area contributed by atoms with Crippen molar-refractivity contribution >= 4 is 69.1 Å². The van der Waals surface area contributed by atoms with Crippen LogP contribution in [0.15, 0.2) is 100 Å². The van der Waals surface area contributed by atoms with Crippen LogP contribution in [0, 0.1) is 0 Å². The molecule has 246 valence electrons. The summed E-state index contributed by atoms with van der Waals surface area (Å²) in [6, 6.07) is 23.0. The van der Waals surface area contributed by atoms with E-state index < -0.39 is 17.1 Å². The minimum atomic E-state index is -0.549. The van der Waals surface area contributed by atoms with Crippen LogP contribution in [0.5, 0.6) is 17.2 Å². The van der Waals surface area contributed by atoms with Gasteiger partial charge in [0.1, 0.15) is 5.70 Å². The van der Waals surface area contributed by atoms with Gasteiger partial charge in [0.2, 0.25) is 11.7 Å². The third-order valence-corrected chi connectivity index (χ3v) is 9.59. The Balaban J connectivity index is 1.28. The highest BCUT2D eigenvalue weighted by Gasteiger charge is 2.19. The molecule has 5 rings (SSSR count). The standard InChI is InChI=1S/C35H32N4O6S3/c1-21(32(40)39-35-38-27(20-47-35)30-11-8-16-46-30)48-25-14-12-24(13-15-25)36-34(42)26(37-33(41)23-9-6-5-7-10-23)17-22-18-28(43-2)31(45-4)29(19-22)44-3/h5-21H,1-4H3,(H,36,42)(H,37,41)(H,38,39,40)/b26-17-. The van der Waals surface area contributed by atoms with E-state index in [2.05, 4.69) is 20.9 Å². The van der Waals surface area contributed by atoms with Crippen molar-refractivity contribution in [1.29, 1.82) is 0 Å². The number of hydrogen-bond acceptors (Lipinski definition) is 10. The Morgan fingerprint density at radius 1 is 0.854 bits per heavy atom. The fourth-order valence-electron chi connectivity index (χ4n) is 4.44. The van der Waals surface area contributed by atoms with Crippen LogP contribution in [-0.2, 0) is 9.59 Å². The highest BCUT2D eigenvalue weighted by Crippen LogP contribution is 2.39. The Hall–Kier alpha value is -5.11. The van der Waals surface area contributed by atoms with E-state index in [1.54, 1.807) is 65.9 Å². The number of thiazole rings is 1. The van der Waals surface area contributed by atoms with Crippen LogP contribution in [0.3, 0.4) is 0 Å². The summed E-state index contributed by atoms with van der Waals surface area (Å²) >= 11 is 4.36. The number of amides is 3. The number of thioether (sulfide) groups is 1. The summed E-state index contributed by atoms with van der Waals surface area (Å²) in [5.41, 5.74) is 2.24. The first-order valence-electron chi connectivity index (χ1n) is 14.5. The number of nitrogens with one attached hydrogen (secondary N) is 3. The minimum Gasteiger partial charge on any atom is -0.493 e. The maximum Gasteiger partial charge on any atom is 0.272 e. The lowest BCUT2D eigenvalue weighted by Gasteiger charge is -2.15. The molecule has 2 aromatic heterocycles. The molecule has 0 aliphatic heterocycles. The Labute approximate surface area is 290 Å². The molecule has 0 spiro atoms. The van der Waals surface area contributed by atoms with E-state index in [0.717, 1.165) is 15.5 Å². The molecule has 10 nitrogen and oxygen atoms in total. The number of thiophene rings is 1. The number of hydrogen-bond donors (Lipinski definition) is 3. The fraction of sp³-hybridized carbons (Fsp3) is 0.143. The van der Waals surface area contributed by atoms with Crippen LogP contribution in [0.25, 0.3) is 16.6 Å². The third-order valence-electron chi connectivity index (χ3n) is 6.83. The molecular formula is C35H32N4O6S3. The van der Waals surface area contributed by atoms with Gasteiger partial charge in [-0.25, -0.2) is 4.98 Å². The molecule has 0 radical (unpaired) electrons. The highest BCUT2D eigenvalue weighted by molar-refractivity contribution is 8.00. The number of anilines is 2. The van der Waals surface area contributed by atoms with Crippen LogP contribution in [-0.4, -0.2) is 49.3 Å². The van der Waals surface area contributed by atoms with E-state index in [4.69, 9.17) is 14.2 Å². The lowest BCUT2D eigenvalue weighted by atomic mass is 10.1. The van der Waals surface area contributed by atoms with Gasteiger partial charge >= 0.3 is 0 Å². The Morgan fingerprint density at radius 3 is 2.19 bits per heavy atom. The van der Waals surface area contributed by atoms with E-state index in [1.165, 1.54) is 50.5 Å². The van der Waals surface area contributed by atoms with Crippen molar-refractivity contribution in [3.63, 3.8) is 0 Å². The highest BCUT2D eigenvalue weighted by atomic mass is 32.2. The van der Waals surface area contributed by atoms with Crippen molar-refractivity contribution < 1.29 is 28.6 Å². The molecule has 0 saturated heterocycles. The fourth-order valence-corrected chi connectivity index (χ4v) is 6.78. The number of carbonyl (C=O) groups is 3. The summed E-state index contributed by atoms with van der Waals surface area (Å²) in [4.78, 5) is 45.9. The summed E-state index contributed by atoms with van der Waals surface area (Å²) in [7, 11) is 4.49. The number of methoxy groups -OCH3 is 3. The molecule has 2 heterocycles. The largest absolute Gasteiger partial charge is 0.493 e. The number of aromatic nitrogens is 1. The molecule has 0 bridgehead atoms. The molecule has 3 aromatic carbocycles. The average molecular weight is 701 g/mol. The van der Waals surface area contributed by atoms with Crippen molar-refractivity contribution in [2.75, 3.05) is 32.0 Å². The van der Waals surface area contributed by atoms with Crippen molar-refractivity contribution in [2.45, 2.75) is 17.1 Å². The SMILES string of the molecule is COc1cc(/C=C(\NC(=O)c2ccccc2)C(=O)Nc2ccc(SC(C)C(=O)Nc3nc(-c4cccs4)cs3)cc2)cc(OC)c1OC. The third kappa shape index (κ3) is 8.62. The van der Waals surface area contributed by atoms with Crippen LogP contribution in [0.1, 0.15) is 22.8 Å². The molecule has 0 aliphatic rings. The summed E-state index contributed by atoms with van der Waals surface area (Å²) in [6.07, 6.45) is 1.52. The second-order valence-electron chi connectivity index (χ2n) is 10.1. The predicted molar refractivity (Wildman–Crippen MR) is 192 cm³/mol. The van der Waals surface area contributed by atoms with Crippen LogP contribution < -0.4 is 30.2 Å². The van der Waals surface area contributed by atoms with E-state index >= 15 is 0 Å². The summed E-state index contributed by atoms with van der Waals surface area (Å²) in [5.74, 6) is 0.00873. The zero-order valence-electron chi connectivity index (χ0n) is 26.4. The van der Waals surface area contributed by atoms with Gasteiger partial charge in [-0.05, 0) is 78.5 Å². The number of rotatable bonds is 13. The first-order valence-corrected chi connectivity index (χ1v) is 17.2. The normalized spacial score (nSPS) is 11.7. The van der Waals surface area contributed by atoms with Gasteiger partial charge in [0.25, 0.3) is 11.8 Å². The molecule has 3 N–H and O–H groups in total. The van der Waals surface area contributed by atoms with E-state index in [9.17, 15) is 14.4 Å². The molecule has 0 saturated carbocycles. The molecule has 13 heteroatoms. The Kier molecular flexibility index (Phi) is 11.5. The van der Waals surface area contributed by atoms with Gasteiger partial charge in [-0.2, -0.15) is 0 Å². The van der Waals surface area contributed by atoms with Gasteiger partial charge in [0.15, 0.2) is 16.6 Å². The van der Waals surface area contributed by atoms with E-state index in [0.29, 0.717) is 39.2 Å². The van der Waals surface area contributed by atoms with Crippen LogP contribution >= 0.6 is 34.4 Å². The smallest absolute Gasteiger partial charge is 0.272 e. The maximum absolute atomic E-state index is 13.6. The Morgan fingerprint density at radius 2 is 1.56 bits per heavy atom. The van der Waals surface area contributed by atoms with Crippen LogP contribution in [0.4, 0.5) is 10.8 Å². The minimum absolute atomic E-state index is 0.00806. The molecule has 1 atom stereocenters. The lowest BCUT2D eigenvalue weighted by Crippen LogP contribution is -2.30. The molecule has 5 aromatic rings. The second-order valence-corrected chi connectivity index (χ2v) is 13.3. The lowest BCUT2D eigenvalue weighted by molar-refractivity contribution is -0.115. The van der Waals surface area contributed by atoms with Crippen molar-refractivity contribution in [3.8, 4) is 27.8 Å². The number of benzene rings is 3. The van der Waals surface area contributed by atoms with E-state index in [-0.39, 0.29) is 11.6 Å². The second kappa shape index (κ2) is 16.1. The van der Waals surface area contributed by atoms with Gasteiger partial charge in [0.05, 0.1) is 37.2 Å². The zero-order chi connectivity index (χ0) is 34.0. The zero-order valence-corrected chi connectivity index (χ0v) is 28.9. The molecule has 48 heavy (non-hydrogen) atoms. The summed E-state index contributed by atoms with van der Waals surface area (Å²) < 4.78 is 16.3. The number of nitrogens with zero attached hydrogens (tertiary/aromatic N) is 1. The number of ether oxygens (including phenoxy) is 3. The predicted octanol–water partition coefficient (Wildman–Crippen LogP) is 7.43. The average Bonchev–Trinajstić information content (AvgIpc) is 3.81.